The van der Waals surface area contributed by atoms with Gasteiger partial charge in [-0.25, -0.2) is 0 Å². The van der Waals surface area contributed by atoms with Crippen molar-refractivity contribution in [3.63, 3.8) is 0 Å². The van der Waals surface area contributed by atoms with Gasteiger partial charge in [-0.1, -0.05) is 0 Å². The van der Waals surface area contributed by atoms with E-state index < -0.39 is 0 Å². The van der Waals surface area contributed by atoms with Crippen molar-refractivity contribution in [3.8, 4) is 0 Å². The molecule has 0 atom stereocenters. The van der Waals surface area contributed by atoms with Crippen LogP contribution in [0.25, 0.3) is 0 Å². The molecule has 0 aliphatic carbocycles. The van der Waals surface area contributed by atoms with Crippen molar-refractivity contribution in [3.05, 3.63) is 24.8 Å². The second kappa shape index (κ2) is 4.86. The third kappa shape index (κ3) is 3.86. The summed E-state index contributed by atoms with van der Waals surface area (Å²) in [5.74, 6) is 0. The van der Waals surface area contributed by atoms with Crippen molar-refractivity contribution in [2.45, 2.75) is 0 Å². The maximum absolute atomic E-state index is 4.95. The number of allylic oxidation sites excluding steroid dienone is 3. The van der Waals surface area contributed by atoms with Crippen LogP contribution in [0.15, 0.2) is 18.2 Å². The van der Waals surface area contributed by atoms with E-state index in [9.17, 15) is 0 Å². The first-order valence-electron chi connectivity index (χ1n) is 1.53. The van der Waals surface area contributed by atoms with Gasteiger partial charge < -0.3 is 0 Å². The summed E-state index contributed by atoms with van der Waals surface area (Å²) in [5.41, 5.74) is 0. The molecule has 35 valence electrons. The zero-order chi connectivity index (χ0) is 4.83. The Bertz CT molecular complexity index is 62.0. The van der Waals surface area contributed by atoms with Crippen molar-refractivity contribution in [1.82, 2.24) is 0 Å². The number of hydrogen-bond donors (Lipinski definition) is 0. The standard InChI is InChI=1S/C5H5.Co/c1-3-5-4-2;/h1-5H;/q-1;/b5-3-;. The predicted octanol–water partition coefficient (Wildman–Crippen LogP) is 0.881. The molecule has 0 heterocycles. The first-order chi connectivity index (χ1) is 2.91. The second-order valence-corrected chi connectivity index (χ2v) is 1.04. The van der Waals surface area contributed by atoms with E-state index in [4.69, 9.17) is 6.58 Å². The maximum atomic E-state index is 4.95. The Morgan fingerprint density at radius 2 is 2.00 bits per heavy atom. The van der Waals surface area contributed by atoms with Crippen molar-refractivity contribution >= 4 is 4.96 Å². The summed E-state index contributed by atoms with van der Waals surface area (Å²) in [6.07, 6.45) is 4.89. The van der Waals surface area contributed by atoms with Gasteiger partial charge in [0, 0.05) is 0 Å². The van der Waals surface area contributed by atoms with Crippen LogP contribution in [0.4, 0.5) is 0 Å². The molecule has 0 spiro atoms. The molecule has 0 amide bonds. The molecule has 0 N–H and O–H groups in total. The van der Waals surface area contributed by atoms with E-state index >= 15 is 0 Å². The van der Waals surface area contributed by atoms with Crippen molar-refractivity contribution < 1.29 is 15.3 Å². The minimum absolute atomic E-state index is 1.45. The van der Waals surface area contributed by atoms with Gasteiger partial charge >= 0.3 is 45.1 Å². The fourth-order valence-corrected chi connectivity index (χ4v) is 0.217. The predicted molar refractivity (Wildman–Crippen MR) is 24.1 cm³/mol. The summed E-state index contributed by atoms with van der Waals surface area (Å²) in [6, 6.07) is 0. The number of hydrogen-bond acceptors (Lipinski definition) is 0. The molecule has 6 heavy (non-hydrogen) atoms. The van der Waals surface area contributed by atoms with E-state index in [1.54, 1.807) is 17.1 Å². The van der Waals surface area contributed by atoms with Gasteiger partial charge in [0.05, 0.1) is 0 Å². The molecule has 0 unspecified atom stereocenters. The summed E-state index contributed by atoms with van der Waals surface area (Å²) >= 11 is 3.81. The molecule has 0 radical (unpaired) electrons. The molecule has 0 aromatic carbocycles. The summed E-state index contributed by atoms with van der Waals surface area (Å²) in [7, 11) is 0. The van der Waals surface area contributed by atoms with Gasteiger partial charge in [-0.05, 0) is 0 Å². The van der Waals surface area contributed by atoms with E-state index in [0.717, 1.165) is 0 Å². The fraction of sp³-hybridized carbons (Fsp3) is 0. The van der Waals surface area contributed by atoms with E-state index in [2.05, 4.69) is 15.3 Å². The Morgan fingerprint density at radius 1 is 1.33 bits per heavy atom. The van der Waals surface area contributed by atoms with Crippen LogP contribution < -0.4 is 0 Å². The molecule has 1 heteroatoms. The second-order valence-electron chi connectivity index (χ2n) is 0.688. The third-order valence-corrected chi connectivity index (χ3v) is 0.487. The molecule has 0 bridgehead atoms. The van der Waals surface area contributed by atoms with E-state index in [0.29, 0.717) is 0 Å². The SMILES string of the molecule is [CH-]=C/C=C\[CH]=[Co]. The molecule has 0 rings (SSSR count). The molecule has 0 aliphatic rings. The Morgan fingerprint density at radius 3 is 2.17 bits per heavy atom. The Kier molecular flexibility index (Phi) is 4.74. The van der Waals surface area contributed by atoms with Gasteiger partial charge in [-0.3, -0.25) is 0 Å². The topological polar surface area (TPSA) is 0 Å². The summed E-state index contributed by atoms with van der Waals surface area (Å²) in [5, 5.41) is 0. The minimum atomic E-state index is 1.45. The van der Waals surface area contributed by atoms with Crippen LogP contribution in [0.1, 0.15) is 0 Å². The molecule has 0 aromatic heterocycles. The van der Waals surface area contributed by atoms with Crippen LogP contribution in [0, 0.1) is 6.58 Å². The monoisotopic (exact) mass is 124 g/mol. The summed E-state index contributed by atoms with van der Waals surface area (Å²) < 4.78 is 0. The van der Waals surface area contributed by atoms with E-state index in [1.807, 2.05) is 0 Å². The van der Waals surface area contributed by atoms with E-state index in [1.165, 1.54) is 6.08 Å². The molecule has 0 fully saturated rings. The first kappa shape index (κ1) is 5.86. The van der Waals surface area contributed by atoms with Crippen LogP contribution in [0.3, 0.4) is 0 Å². The van der Waals surface area contributed by atoms with Crippen LogP contribution in [-0.4, -0.2) is 4.96 Å². The molecule has 0 nitrogen and oxygen atoms in total. The van der Waals surface area contributed by atoms with Crippen LogP contribution in [0.5, 0.6) is 0 Å². The molecular formula is C5H5Co-. The fourth-order valence-electron chi connectivity index (χ4n) is 0.101. The normalized spacial score (nSPS) is 8.83. The van der Waals surface area contributed by atoms with Gasteiger partial charge in [0.1, 0.15) is 0 Å². The zero-order valence-corrected chi connectivity index (χ0v) is 4.26. The first-order valence-corrected chi connectivity index (χ1v) is 2.13. The Hall–Kier alpha value is -0.144. The molecule has 0 saturated heterocycles. The van der Waals surface area contributed by atoms with Crippen LogP contribution >= 0.6 is 0 Å². The van der Waals surface area contributed by atoms with Crippen molar-refractivity contribution in [1.29, 1.82) is 0 Å². The molecule has 0 aromatic rings. The average molecular weight is 124 g/mol. The van der Waals surface area contributed by atoms with Gasteiger partial charge in [0.2, 0.25) is 0 Å². The average Bonchev–Trinajstić information content (AvgIpc) is 1.61. The molecule has 0 aliphatic heterocycles. The molecular weight excluding hydrogens is 119 g/mol. The van der Waals surface area contributed by atoms with Gasteiger partial charge in [0.15, 0.2) is 0 Å². The van der Waals surface area contributed by atoms with Crippen LogP contribution in [-0.2, 0) is 15.3 Å². The van der Waals surface area contributed by atoms with Gasteiger partial charge in [-0.2, -0.15) is 0 Å². The Labute approximate surface area is 45.7 Å². The van der Waals surface area contributed by atoms with Crippen molar-refractivity contribution in [2.24, 2.45) is 0 Å². The quantitative estimate of drug-likeness (QED) is 0.378. The van der Waals surface area contributed by atoms with E-state index in [-0.39, 0.29) is 0 Å². The third-order valence-electron chi connectivity index (χ3n) is 0.286. The van der Waals surface area contributed by atoms with Gasteiger partial charge in [0.25, 0.3) is 0 Å². The van der Waals surface area contributed by atoms with Crippen LogP contribution in [0.2, 0.25) is 0 Å². The van der Waals surface area contributed by atoms with Crippen molar-refractivity contribution in [2.75, 3.05) is 0 Å². The zero-order valence-electron chi connectivity index (χ0n) is 3.22. The molecule has 0 saturated carbocycles. The van der Waals surface area contributed by atoms with Gasteiger partial charge in [-0.15, -0.1) is 0 Å². The number of rotatable bonds is 2. The summed E-state index contributed by atoms with van der Waals surface area (Å²) in [4.78, 5) is 1.61. The summed E-state index contributed by atoms with van der Waals surface area (Å²) in [6.45, 7) is 4.95. The Balaban J connectivity index is 3.17.